The number of nitrogens with one attached hydrogen (secondary N) is 2. The highest BCUT2D eigenvalue weighted by molar-refractivity contribution is 5.71. The SMILES string of the molecule is CCOC(=O)Cc1nc[nH][n+]1CCNC(=O)OC(C)(C)C. The number of aromatic nitrogens is 3. The number of rotatable bonds is 6. The predicted octanol–water partition coefficient (Wildman–Crippen LogP) is 0.327. The normalized spacial score (nSPS) is 11.0. The lowest BCUT2D eigenvalue weighted by Gasteiger charge is -2.19. The molecular weight excluding hydrogens is 276 g/mol. The topological polar surface area (TPSA) is 97.2 Å². The molecule has 0 aliphatic rings. The van der Waals surface area contributed by atoms with Crippen LogP contribution >= 0.6 is 0 Å². The summed E-state index contributed by atoms with van der Waals surface area (Å²) in [5.74, 6) is 0.220. The van der Waals surface area contributed by atoms with Crippen LogP contribution in [0.15, 0.2) is 6.33 Å². The van der Waals surface area contributed by atoms with E-state index in [2.05, 4.69) is 15.4 Å². The van der Waals surface area contributed by atoms with Crippen LogP contribution in [0.1, 0.15) is 33.5 Å². The van der Waals surface area contributed by atoms with Gasteiger partial charge >= 0.3 is 17.9 Å². The molecule has 0 spiro atoms. The van der Waals surface area contributed by atoms with Gasteiger partial charge in [0.2, 0.25) is 6.33 Å². The molecule has 0 radical (unpaired) electrons. The molecule has 1 aromatic rings. The van der Waals surface area contributed by atoms with E-state index in [1.165, 1.54) is 6.33 Å². The van der Waals surface area contributed by atoms with E-state index in [0.29, 0.717) is 25.5 Å². The number of hydrogen-bond donors (Lipinski definition) is 2. The first kappa shape index (κ1) is 16.9. The van der Waals surface area contributed by atoms with Gasteiger partial charge in [0.1, 0.15) is 12.1 Å². The van der Waals surface area contributed by atoms with Crippen molar-refractivity contribution >= 4 is 12.1 Å². The Morgan fingerprint density at radius 2 is 2.14 bits per heavy atom. The first-order valence-electron chi connectivity index (χ1n) is 6.86. The number of ether oxygens (including phenoxy) is 2. The fraction of sp³-hybridized carbons (Fsp3) is 0.692. The van der Waals surface area contributed by atoms with Gasteiger partial charge in [-0.15, -0.1) is 0 Å². The van der Waals surface area contributed by atoms with E-state index >= 15 is 0 Å². The number of nitrogens with zero attached hydrogens (tertiary/aromatic N) is 2. The second-order valence-electron chi connectivity index (χ2n) is 5.37. The van der Waals surface area contributed by atoms with Crippen LogP contribution in [-0.2, 0) is 27.2 Å². The lowest BCUT2D eigenvalue weighted by molar-refractivity contribution is -0.755. The van der Waals surface area contributed by atoms with E-state index in [9.17, 15) is 9.59 Å². The Labute approximate surface area is 123 Å². The first-order valence-corrected chi connectivity index (χ1v) is 6.86. The van der Waals surface area contributed by atoms with Crippen molar-refractivity contribution in [1.82, 2.24) is 15.4 Å². The molecule has 0 aliphatic heterocycles. The smallest absolute Gasteiger partial charge is 0.407 e. The summed E-state index contributed by atoms with van der Waals surface area (Å²) < 4.78 is 11.7. The lowest BCUT2D eigenvalue weighted by Crippen LogP contribution is -2.46. The summed E-state index contributed by atoms with van der Waals surface area (Å²) in [6.07, 6.45) is 1.10. The van der Waals surface area contributed by atoms with E-state index in [1.807, 2.05) is 0 Å². The number of amides is 1. The summed E-state index contributed by atoms with van der Waals surface area (Å²) in [5, 5.41) is 5.52. The van der Waals surface area contributed by atoms with Gasteiger partial charge in [0.05, 0.1) is 13.2 Å². The Kier molecular flexibility index (Phi) is 6.13. The fourth-order valence-electron chi connectivity index (χ4n) is 1.58. The fourth-order valence-corrected chi connectivity index (χ4v) is 1.58. The van der Waals surface area contributed by atoms with E-state index in [4.69, 9.17) is 9.47 Å². The number of aromatic amines is 1. The summed E-state index contributed by atoms with van der Waals surface area (Å²) in [4.78, 5) is 27.0. The van der Waals surface area contributed by atoms with Crippen LogP contribution in [0.5, 0.6) is 0 Å². The summed E-state index contributed by atoms with van der Waals surface area (Å²) in [6, 6.07) is 0. The summed E-state index contributed by atoms with van der Waals surface area (Å²) in [7, 11) is 0. The number of carbonyl (C=O) groups excluding carboxylic acids is 2. The first-order chi connectivity index (χ1) is 9.81. The third-order valence-corrected chi connectivity index (χ3v) is 2.35. The van der Waals surface area contributed by atoms with Crippen LogP contribution in [0.25, 0.3) is 0 Å². The minimum absolute atomic E-state index is 0.0871. The third-order valence-electron chi connectivity index (χ3n) is 2.35. The molecule has 1 heterocycles. The van der Waals surface area contributed by atoms with Gasteiger partial charge in [-0.2, -0.15) is 9.78 Å². The molecule has 118 valence electrons. The van der Waals surface area contributed by atoms with Gasteiger partial charge in [-0.3, -0.25) is 4.79 Å². The van der Waals surface area contributed by atoms with Crippen LogP contribution < -0.4 is 10.00 Å². The van der Waals surface area contributed by atoms with E-state index < -0.39 is 11.7 Å². The Balaban J connectivity index is 2.41. The van der Waals surface area contributed by atoms with Crippen molar-refractivity contribution in [2.45, 2.75) is 46.3 Å². The predicted molar refractivity (Wildman–Crippen MR) is 73.4 cm³/mol. The van der Waals surface area contributed by atoms with Crippen LogP contribution in [0.4, 0.5) is 4.79 Å². The van der Waals surface area contributed by atoms with Crippen molar-refractivity contribution in [1.29, 1.82) is 0 Å². The molecule has 1 aromatic heterocycles. The van der Waals surface area contributed by atoms with Gasteiger partial charge in [0, 0.05) is 0 Å². The summed E-state index contributed by atoms with van der Waals surface area (Å²) in [5.41, 5.74) is -0.527. The quantitative estimate of drug-likeness (QED) is 0.582. The van der Waals surface area contributed by atoms with Gasteiger partial charge in [-0.1, -0.05) is 0 Å². The molecule has 0 aromatic carbocycles. The van der Waals surface area contributed by atoms with Crippen LogP contribution in [0.3, 0.4) is 0 Å². The lowest BCUT2D eigenvalue weighted by atomic mass is 10.2. The number of carbonyl (C=O) groups is 2. The average Bonchev–Trinajstić information content (AvgIpc) is 2.74. The Morgan fingerprint density at radius 1 is 1.43 bits per heavy atom. The van der Waals surface area contributed by atoms with Crippen molar-refractivity contribution in [3.8, 4) is 0 Å². The summed E-state index contributed by atoms with van der Waals surface area (Å²) >= 11 is 0. The number of hydrogen-bond acceptors (Lipinski definition) is 5. The van der Waals surface area contributed by atoms with Crippen molar-refractivity contribution in [2.24, 2.45) is 0 Å². The zero-order valence-corrected chi connectivity index (χ0v) is 12.9. The van der Waals surface area contributed by atoms with Crippen molar-refractivity contribution in [2.75, 3.05) is 13.2 Å². The largest absolute Gasteiger partial charge is 0.466 e. The van der Waals surface area contributed by atoms with Crippen LogP contribution in [0, 0.1) is 0 Å². The molecule has 0 fully saturated rings. The molecule has 8 heteroatoms. The maximum Gasteiger partial charge on any atom is 0.407 e. The molecule has 0 atom stereocenters. The number of esters is 1. The van der Waals surface area contributed by atoms with Gasteiger partial charge in [-0.05, 0) is 32.7 Å². The van der Waals surface area contributed by atoms with Crippen LogP contribution in [-0.4, -0.2) is 40.9 Å². The highest BCUT2D eigenvalue weighted by atomic mass is 16.6. The Morgan fingerprint density at radius 3 is 2.76 bits per heavy atom. The van der Waals surface area contributed by atoms with E-state index in [-0.39, 0.29) is 12.4 Å². The van der Waals surface area contributed by atoms with Gasteiger partial charge in [0.25, 0.3) is 0 Å². The molecule has 0 bridgehead atoms. The second-order valence-corrected chi connectivity index (χ2v) is 5.37. The summed E-state index contributed by atoms with van der Waals surface area (Å²) in [6.45, 7) is 8.30. The molecule has 0 saturated heterocycles. The highest BCUT2D eigenvalue weighted by Gasteiger charge is 2.20. The van der Waals surface area contributed by atoms with Crippen molar-refractivity contribution in [3.05, 3.63) is 12.2 Å². The minimum atomic E-state index is -0.527. The highest BCUT2D eigenvalue weighted by Crippen LogP contribution is 2.05. The van der Waals surface area contributed by atoms with Gasteiger partial charge in [0.15, 0.2) is 6.42 Å². The molecule has 8 nitrogen and oxygen atoms in total. The molecule has 0 saturated carbocycles. The third kappa shape index (κ3) is 6.73. The van der Waals surface area contributed by atoms with Gasteiger partial charge < -0.3 is 14.8 Å². The zero-order chi connectivity index (χ0) is 15.9. The molecule has 21 heavy (non-hydrogen) atoms. The zero-order valence-electron chi connectivity index (χ0n) is 12.9. The van der Waals surface area contributed by atoms with Crippen molar-refractivity contribution in [3.63, 3.8) is 0 Å². The van der Waals surface area contributed by atoms with E-state index in [1.54, 1.807) is 32.4 Å². The Hall–Kier alpha value is -2.12. The monoisotopic (exact) mass is 299 g/mol. The molecule has 2 N–H and O–H groups in total. The van der Waals surface area contributed by atoms with Crippen molar-refractivity contribution < 1.29 is 23.7 Å². The Bertz CT molecular complexity index is 479. The molecule has 1 amide bonds. The maximum absolute atomic E-state index is 11.5. The molecular formula is C13H23N4O4+. The average molecular weight is 299 g/mol. The second kappa shape index (κ2) is 7.61. The van der Waals surface area contributed by atoms with Gasteiger partial charge in [-0.25, -0.2) is 4.79 Å². The standard InChI is InChI=1S/C13H22N4O4/c1-5-20-11(18)8-10-15-9-16-17(10)7-6-14-12(19)21-13(2,3)4/h9H,5-8H2,1-4H3,(H,14,19)/p+1. The molecule has 0 aliphatic carbocycles. The maximum atomic E-state index is 11.5. The van der Waals surface area contributed by atoms with E-state index in [0.717, 1.165) is 0 Å². The van der Waals surface area contributed by atoms with Crippen LogP contribution in [0.2, 0.25) is 0 Å². The number of alkyl carbamates (subject to hydrolysis) is 1. The molecule has 0 unspecified atom stereocenters. The number of H-pyrrole nitrogens is 1. The minimum Gasteiger partial charge on any atom is -0.466 e. The molecule has 1 rings (SSSR count).